The molecule has 0 N–H and O–H groups in total. The van der Waals surface area contributed by atoms with Crippen molar-refractivity contribution < 1.29 is 18.3 Å². The topological polar surface area (TPSA) is 69.4 Å². The van der Waals surface area contributed by atoms with E-state index < -0.39 is 11.8 Å². The first-order chi connectivity index (χ1) is 22.1. The van der Waals surface area contributed by atoms with Crippen molar-refractivity contribution >= 4 is 28.2 Å². The molecule has 2 fully saturated rings. The molecule has 9 nitrogen and oxygen atoms in total. The van der Waals surface area contributed by atoms with Crippen LogP contribution in [0.2, 0.25) is 0 Å². The predicted molar refractivity (Wildman–Crippen MR) is 174 cm³/mol. The van der Waals surface area contributed by atoms with Gasteiger partial charge in [0.05, 0.1) is 12.2 Å². The molecule has 0 radical (unpaired) electrons. The number of benzene rings is 2. The predicted octanol–water partition coefficient (Wildman–Crippen LogP) is 4.57. The second-order valence-electron chi connectivity index (χ2n) is 12.7. The Labute approximate surface area is 269 Å². The number of carbonyl (C=O) groups excluding carboxylic acids is 1. The number of terminal acetylenes is 1. The van der Waals surface area contributed by atoms with Gasteiger partial charge in [-0.15, -0.1) is 6.42 Å². The summed E-state index contributed by atoms with van der Waals surface area (Å²) in [5, 5.41) is 2.40. The molecule has 1 aliphatic carbocycles. The van der Waals surface area contributed by atoms with E-state index in [0.29, 0.717) is 39.1 Å². The van der Waals surface area contributed by atoms with Gasteiger partial charge >= 0.3 is 6.01 Å². The monoisotopic (exact) mass is 627 g/mol. The quantitative estimate of drug-likeness (QED) is 0.268. The molecule has 1 saturated heterocycles. The lowest BCUT2D eigenvalue weighted by Crippen LogP contribution is -2.56. The first-order valence-electron chi connectivity index (χ1n) is 15.8. The van der Waals surface area contributed by atoms with Crippen LogP contribution < -0.4 is 14.5 Å². The highest BCUT2D eigenvalue weighted by molar-refractivity contribution is 5.97. The van der Waals surface area contributed by atoms with Gasteiger partial charge < -0.3 is 24.3 Å². The molecule has 3 aromatic rings. The number of hydrogen-bond donors (Lipinski definition) is 0. The molecule has 6 rings (SSSR count). The Bertz CT molecular complexity index is 1700. The fourth-order valence-electron chi connectivity index (χ4n) is 7.05. The van der Waals surface area contributed by atoms with Crippen LogP contribution in [0.25, 0.3) is 15.6 Å². The maximum atomic E-state index is 13.5. The van der Waals surface area contributed by atoms with Crippen LogP contribution >= 0.6 is 0 Å². The zero-order chi connectivity index (χ0) is 32.6. The molecule has 2 aromatic carbocycles. The zero-order valence-electron chi connectivity index (χ0n) is 26.5. The number of anilines is 2. The molecular weight excluding hydrogens is 588 g/mol. The molecule has 0 bridgehead atoms. The van der Waals surface area contributed by atoms with E-state index in [2.05, 4.69) is 63.9 Å². The normalized spacial score (nSPS) is 20.1. The third-order valence-electron chi connectivity index (χ3n) is 9.47. The summed E-state index contributed by atoms with van der Waals surface area (Å²) in [5.74, 6) is -0.0547. The summed E-state index contributed by atoms with van der Waals surface area (Å²) in [6, 6.07) is 12.4. The summed E-state index contributed by atoms with van der Waals surface area (Å²) < 4.78 is 33.3. The summed E-state index contributed by atoms with van der Waals surface area (Å²) in [5.41, 5.74) is 4.24. The van der Waals surface area contributed by atoms with Crippen LogP contribution in [0.5, 0.6) is 6.01 Å². The Kier molecular flexibility index (Phi) is 8.71. The molecule has 1 aromatic heterocycles. The van der Waals surface area contributed by atoms with Crippen LogP contribution in [0.1, 0.15) is 36.6 Å². The van der Waals surface area contributed by atoms with Crippen LogP contribution in [0.3, 0.4) is 0 Å². The van der Waals surface area contributed by atoms with E-state index in [9.17, 15) is 13.6 Å². The van der Waals surface area contributed by atoms with E-state index in [-0.39, 0.29) is 43.6 Å². The maximum absolute atomic E-state index is 13.5. The van der Waals surface area contributed by atoms with Crippen molar-refractivity contribution in [3.05, 3.63) is 64.6 Å². The number of amides is 1. The van der Waals surface area contributed by atoms with Crippen molar-refractivity contribution in [2.24, 2.45) is 0 Å². The highest BCUT2D eigenvalue weighted by Gasteiger charge is 2.47. The van der Waals surface area contributed by atoms with Gasteiger partial charge in [-0.25, -0.2) is 15.4 Å². The minimum Gasteiger partial charge on any atom is -0.459 e. The van der Waals surface area contributed by atoms with Crippen molar-refractivity contribution in [3.8, 4) is 18.4 Å². The van der Waals surface area contributed by atoms with Crippen molar-refractivity contribution in [1.82, 2.24) is 19.8 Å². The minimum atomic E-state index is -2.59. The molecule has 11 heteroatoms. The number of hydrogen-bond acceptors (Lipinski definition) is 7. The second-order valence-corrected chi connectivity index (χ2v) is 12.7. The largest absolute Gasteiger partial charge is 0.459 e. The van der Waals surface area contributed by atoms with Crippen LogP contribution in [0.4, 0.5) is 20.3 Å². The van der Waals surface area contributed by atoms with E-state index in [0.717, 1.165) is 29.3 Å². The smallest absolute Gasteiger partial charge is 0.318 e. The average Bonchev–Trinajstić information content (AvgIpc) is 3.02. The average molecular weight is 628 g/mol. The van der Waals surface area contributed by atoms with Crippen LogP contribution in [-0.4, -0.2) is 96.1 Å². The van der Waals surface area contributed by atoms with E-state index in [1.165, 1.54) is 16.3 Å². The maximum Gasteiger partial charge on any atom is 0.318 e. The lowest BCUT2D eigenvalue weighted by Gasteiger charge is -2.41. The summed E-state index contributed by atoms with van der Waals surface area (Å²) in [4.78, 5) is 33.9. The number of alkyl halides is 2. The summed E-state index contributed by atoms with van der Waals surface area (Å²) in [7, 11) is 1.84. The summed E-state index contributed by atoms with van der Waals surface area (Å²) in [6.45, 7) is 14.7. The Morgan fingerprint density at radius 2 is 1.96 bits per heavy atom. The van der Waals surface area contributed by atoms with E-state index in [1.807, 2.05) is 18.9 Å². The molecule has 0 unspecified atom stereocenters. The lowest BCUT2D eigenvalue weighted by atomic mass is 9.87. The van der Waals surface area contributed by atoms with Gasteiger partial charge in [0.15, 0.2) is 0 Å². The fourth-order valence-corrected chi connectivity index (χ4v) is 7.05. The molecule has 2 atom stereocenters. The highest BCUT2D eigenvalue weighted by Crippen LogP contribution is 2.40. The third kappa shape index (κ3) is 6.29. The first-order valence-corrected chi connectivity index (χ1v) is 15.8. The van der Waals surface area contributed by atoms with Gasteiger partial charge in [0.25, 0.3) is 11.8 Å². The van der Waals surface area contributed by atoms with Crippen LogP contribution in [0.15, 0.2) is 36.4 Å². The van der Waals surface area contributed by atoms with Gasteiger partial charge in [0.2, 0.25) is 6.54 Å². The molecule has 2 aliphatic heterocycles. The van der Waals surface area contributed by atoms with Gasteiger partial charge in [0.1, 0.15) is 18.0 Å². The molecule has 1 amide bonds. The molecule has 1 saturated carbocycles. The van der Waals surface area contributed by atoms with Gasteiger partial charge in [-0.1, -0.05) is 30.3 Å². The number of rotatable bonds is 8. The van der Waals surface area contributed by atoms with Crippen molar-refractivity contribution in [2.75, 3.05) is 56.1 Å². The van der Waals surface area contributed by atoms with Crippen molar-refractivity contribution in [3.63, 3.8) is 0 Å². The SMILES string of the molecule is [C-]#[N+]C[C@H]1CN(c2nc(O[C@@H](C)CN(C)C3CC(F)(F)C3)nc3c2CCN(c2cccc4cccc(C)c24)C3)CCN1C(=O)C#C. The Hall–Kier alpha value is -4.48. The fraction of sp³-hybridized carbons (Fsp3) is 0.486. The van der Waals surface area contributed by atoms with Gasteiger partial charge in [-0.2, -0.15) is 9.97 Å². The highest BCUT2D eigenvalue weighted by atomic mass is 19.3. The molecule has 46 heavy (non-hydrogen) atoms. The number of likely N-dealkylation sites (N-methyl/N-ethyl adjacent to an activating group) is 1. The number of ether oxygens (including phenoxy) is 1. The van der Waals surface area contributed by atoms with Crippen LogP contribution in [0, 0.1) is 25.8 Å². The number of aromatic nitrogens is 2. The third-order valence-corrected chi connectivity index (χ3v) is 9.47. The Morgan fingerprint density at radius 1 is 1.20 bits per heavy atom. The number of carbonyl (C=O) groups is 1. The minimum absolute atomic E-state index is 0.137. The molecule has 3 aliphatic rings. The van der Waals surface area contributed by atoms with E-state index in [4.69, 9.17) is 27.7 Å². The van der Waals surface area contributed by atoms with Crippen LogP contribution in [-0.2, 0) is 17.8 Å². The second kappa shape index (κ2) is 12.7. The summed E-state index contributed by atoms with van der Waals surface area (Å²) >= 11 is 0. The Balaban J connectivity index is 1.31. The Morgan fingerprint density at radius 3 is 2.67 bits per heavy atom. The number of nitrogens with zero attached hydrogens (tertiary/aromatic N) is 7. The molecule has 240 valence electrons. The summed E-state index contributed by atoms with van der Waals surface area (Å²) in [6.07, 6.45) is 5.52. The van der Waals surface area contributed by atoms with Gasteiger partial charge in [-0.3, -0.25) is 9.69 Å². The molecule has 3 heterocycles. The van der Waals surface area contributed by atoms with E-state index >= 15 is 0 Å². The van der Waals surface area contributed by atoms with Crippen molar-refractivity contribution in [1.29, 1.82) is 0 Å². The standard InChI is InChI=1S/C35H39F2N7O2/c1-6-31(45)44-16-15-43(21-27(44)19-38-4)33-28-13-14-42(30-12-8-11-25-10-7-9-23(2)32(25)30)22-29(28)39-34(40-33)46-24(3)20-41(5)26-17-35(36,37)18-26/h1,7-12,24,26-27H,13-22H2,2-3,5H3/t24-,27-/m0/s1. The number of fused-ring (bicyclic) bond motifs is 2. The first kappa shape index (κ1) is 31.5. The zero-order valence-corrected chi connectivity index (χ0v) is 26.5. The van der Waals surface area contributed by atoms with E-state index in [1.54, 1.807) is 4.90 Å². The van der Waals surface area contributed by atoms with Gasteiger partial charge in [-0.05, 0) is 50.3 Å². The molecular formula is C35H39F2N7O2. The number of halogens is 2. The molecule has 0 spiro atoms. The van der Waals surface area contributed by atoms with Crippen molar-refractivity contribution in [2.45, 2.75) is 63.8 Å². The number of aryl methyl sites for hydroxylation is 1. The number of piperazine rings is 1. The van der Waals surface area contributed by atoms with Gasteiger partial charge in [0, 0.05) is 68.2 Å². The lowest BCUT2D eigenvalue weighted by molar-refractivity contribution is -0.127.